The summed E-state index contributed by atoms with van der Waals surface area (Å²) >= 11 is 0. The summed E-state index contributed by atoms with van der Waals surface area (Å²) < 4.78 is 31.0. The van der Waals surface area contributed by atoms with E-state index in [0.29, 0.717) is 5.57 Å². The van der Waals surface area contributed by atoms with Crippen LogP contribution in [0.5, 0.6) is 0 Å². The lowest BCUT2D eigenvalue weighted by Gasteiger charge is -2.20. The van der Waals surface area contributed by atoms with Gasteiger partial charge < -0.3 is 4.74 Å². The van der Waals surface area contributed by atoms with Crippen LogP contribution in [0, 0.1) is 0 Å². The normalized spacial score (nSPS) is 12.4. The molecule has 0 rings (SSSR count). The van der Waals surface area contributed by atoms with E-state index < -0.39 is 17.5 Å². The summed E-state index contributed by atoms with van der Waals surface area (Å²) in [6.45, 7) is 10.4. The highest BCUT2D eigenvalue weighted by Gasteiger charge is 2.26. The Hall–Kier alpha value is -0.930. The summed E-state index contributed by atoms with van der Waals surface area (Å²) in [7, 11) is 0. The minimum atomic E-state index is -2.67. The van der Waals surface area contributed by atoms with Crippen molar-refractivity contribution < 1.29 is 18.3 Å². The smallest absolute Gasteiger partial charge is 0.310 e. The monoisotopic (exact) mass is 248 g/mol. The summed E-state index contributed by atoms with van der Waals surface area (Å²) in [6.07, 6.45) is -0.283. The molecule has 0 aromatic carbocycles. The molecule has 100 valence electrons. The second kappa shape index (κ2) is 6.12. The molecular formula is C13H22F2O2. The van der Waals surface area contributed by atoms with Crippen LogP contribution in [0.4, 0.5) is 8.78 Å². The van der Waals surface area contributed by atoms with Gasteiger partial charge in [-0.05, 0) is 27.2 Å². The van der Waals surface area contributed by atoms with Crippen LogP contribution in [0.2, 0.25) is 0 Å². The highest BCUT2D eigenvalue weighted by Crippen LogP contribution is 2.26. The number of rotatable bonds is 6. The Labute approximate surface area is 102 Å². The molecule has 0 aliphatic carbocycles. The van der Waals surface area contributed by atoms with Crippen LogP contribution in [0.1, 0.15) is 53.4 Å². The van der Waals surface area contributed by atoms with Gasteiger partial charge in [0.2, 0.25) is 5.92 Å². The van der Waals surface area contributed by atoms with Gasteiger partial charge in [0.15, 0.2) is 0 Å². The minimum absolute atomic E-state index is 0.0110. The number of hydrogen-bond donors (Lipinski definition) is 0. The van der Waals surface area contributed by atoms with E-state index in [-0.39, 0.29) is 25.7 Å². The number of ether oxygens (including phenoxy) is 1. The van der Waals surface area contributed by atoms with Gasteiger partial charge in [0.25, 0.3) is 0 Å². The average Bonchev–Trinajstić information content (AvgIpc) is 2.12. The highest BCUT2D eigenvalue weighted by molar-refractivity contribution is 5.72. The average molecular weight is 248 g/mol. The SMILES string of the molecule is C=C(CCC(F)(F)CC)CC(=O)OC(C)(C)C. The van der Waals surface area contributed by atoms with Crippen LogP contribution in [-0.2, 0) is 9.53 Å². The van der Waals surface area contributed by atoms with E-state index >= 15 is 0 Å². The molecule has 0 spiro atoms. The third-order valence-electron chi connectivity index (χ3n) is 2.18. The van der Waals surface area contributed by atoms with E-state index in [2.05, 4.69) is 6.58 Å². The Morgan fingerprint density at radius 3 is 2.24 bits per heavy atom. The molecule has 4 heteroatoms. The molecule has 0 N–H and O–H groups in total. The fraction of sp³-hybridized carbons (Fsp3) is 0.769. The Morgan fingerprint density at radius 2 is 1.82 bits per heavy atom. The van der Waals surface area contributed by atoms with Gasteiger partial charge in [-0.25, -0.2) is 8.78 Å². The Balaban J connectivity index is 3.99. The Morgan fingerprint density at radius 1 is 1.29 bits per heavy atom. The molecule has 0 fully saturated rings. The zero-order valence-corrected chi connectivity index (χ0v) is 11.1. The Bertz CT molecular complexity index is 278. The number of esters is 1. The lowest BCUT2D eigenvalue weighted by Crippen LogP contribution is -2.24. The van der Waals surface area contributed by atoms with E-state index in [1.165, 1.54) is 6.92 Å². The van der Waals surface area contributed by atoms with Crippen LogP contribution < -0.4 is 0 Å². The molecule has 0 saturated carbocycles. The summed E-state index contributed by atoms with van der Waals surface area (Å²) in [5, 5.41) is 0. The molecule has 0 unspecified atom stereocenters. The lowest BCUT2D eigenvalue weighted by molar-refractivity contribution is -0.154. The first-order valence-corrected chi connectivity index (χ1v) is 5.82. The topological polar surface area (TPSA) is 26.3 Å². The number of carbonyl (C=O) groups is 1. The minimum Gasteiger partial charge on any atom is -0.460 e. The van der Waals surface area contributed by atoms with Crippen molar-refractivity contribution in [3.05, 3.63) is 12.2 Å². The first-order chi connectivity index (χ1) is 7.56. The summed E-state index contributed by atoms with van der Waals surface area (Å²) in [5.41, 5.74) is -0.0579. The van der Waals surface area contributed by atoms with Crippen molar-refractivity contribution in [2.75, 3.05) is 0 Å². The van der Waals surface area contributed by atoms with E-state index in [0.717, 1.165) is 0 Å². The predicted molar refractivity (Wildman–Crippen MR) is 64.1 cm³/mol. The van der Waals surface area contributed by atoms with Crippen molar-refractivity contribution in [3.8, 4) is 0 Å². The standard InChI is InChI=1S/C13H22F2O2/c1-6-13(14,15)8-7-10(2)9-11(16)17-12(3,4)5/h2,6-9H2,1,3-5H3. The van der Waals surface area contributed by atoms with Gasteiger partial charge >= 0.3 is 5.97 Å². The van der Waals surface area contributed by atoms with Crippen LogP contribution in [0.3, 0.4) is 0 Å². The molecule has 2 nitrogen and oxygen atoms in total. The van der Waals surface area contributed by atoms with Gasteiger partial charge in [-0.3, -0.25) is 4.79 Å². The van der Waals surface area contributed by atoms with Crippen molar-refractivity contribution in [2.45, 2.75) is 64.9 Å². The molecule has 0 radical (unpaired) electrons. The number of alkyl halides is 2. The Kier molecular flexibility index (Phi) is 5.79. The maximum absolute atomic E-state index is 13.0. The summed E-state index contributed by atoms with van der Waals surface area (Å²) in [5.74, 6) is -3.08. The quantitative estimate of drug-likeness (QED) is 0.522. The van der Waals surface area contributed by atoms with Gasteiger partial charge in [-0.15, -0.1) is 0 Å². The fourth-order valence-corrected chi connectivity index (χ4v) is 1.21. The first-order valence-electron chi connectivity index (χ1n) is 5.82. The van der Waals surface area contributed by atoms with Crippen molar-refractivity contribution in [1.82, 2.24) is 0 Å². The van der Waals surface area contributed by atoms with Crippen molar-refractivity contribution in [3.63, 3.8) is 0 Å². The molecular weight excluding hydrogens is 226 g/mol. The van der Waals surface area contributed by atoms with E-state index in [1.807, 2.05) is 0 Å². The van der Waals surface area contributed by atoms with Crippen molar-refractivity contribution in [2.24, 2.45) is 0 Å². The number of hydrogen-bond acceptors (Lipinski definition) is 2. The largest absolute Gasteiger partial charge is 0.460 e. The highest BCUT2D eigenvalue weighted by atomic mass is 19.3. The number of halogens is 2. The van der Waals surface area contributed by atoms with E-state index in [9.17, 15) is 13.6 Å². The maximum Gasteiger partial charge on any atom is 0.310 e. The predicted octanol–water partition coefficient (Wildman–Crippen LogP) is 4.10. The van der Waals surface area contributed by atoms with Gasteiger partial charge in [-0.1, -0.05) is 19.1 Å². The summed E-state index contributed by atoms with van der Waals surface area (Å²) in [6, 6.07) is 0. The van der Waals surface area contributed by atoms with Crippen molar-refractivity contribution in [1.29, 1.82) is 0 Å². The van der Waals surface area contributed by atoms with Crippen LogP contribution in [-0.4, -0.2) is 17.5 Å². The van der Waals surface area contributed by atoms with E-state index in [4.69, 9.17) is 4.74 Å². The van der Waals surface area contributed by atoms with Crippen LogP contribution >= 0.6 is 0 Å². The van der Waals surface area contributed by atoms with E-state index in [1.54, 1.807) is 20.8 Å². The third-order valence-corrected chi connectivity index (χ3v) is 2.18. The molecule has 0 heterocycles. The fourth-order valence-electron chi connectivity index (χ4n) is 1.21. The van der Waals surface area contributed by atoms with Gasteiger partial charge in [-0.2, -0.15) is 0 Å². The molecule has 17 heavy (non-hydrogen) atoms. The molecule has 0 aromatic rings. The van der Waals surface area contributed by atoms with Gasteiger partial charge in [0.1, 0.15) is 5.60 Å². The number of carbonyl (C=O) groups excluding carboxylic acids is 1. The van der Waals surface area contributed by atoms with Gasteiger partial charge in [0.05, 0.1) is 6.42 Å². The van der Waals surface area contributed by atoms with Crippen molar-refractivity contribution >= 4 is 5.97 Å². The van der Waals surface area contributed by atoms with Crippen LogP contribution in [0.15, 0.2) is 12.2 Å². The molecule has 0 aromatic heterocycles. The molecule has 0 aliphatic rings. The van der Waals surface area contributed by atoms with Crippen LogP contribution in [0.25, 0.3) is 0 Å². The molecule has 0 atom stereocenters. The zero-order valence-electron chi connectivity index (χ0n) is 11.1. The maximum atomic E-state index is 13.0. The summed E-state index contributed by atoms with van der Waals surface area (Å²) in [4.78, 5) is 11.4. The van der Waals surface area contributed by atoms with Gasteiger partial charge in [0, 0.05) is 12.8 Å². The molecule has 0 aliphatic heterocycles. The molecule has 0 saturated heterocycles. The first kappa shape index (κ1) is 16.1. The molecule has 0 amide bonds. The zero-order chi connectivity index (χ0) is 13.7. The lowest BCUT2D eigenvalue weighted by atomic mass is 10.0. The third kappa shape index (κ3) is 8.83. The second-order valence-corrected chi connectivity index (χ2v) is 5.22. The molecule has 0 bridgehead atoms. The second-order valence-electron chi connectivity index (χ2n) is 5.22.